The van der Waals surface area contributed by atoms with Crippen LogP contribution in [0.4, 0.5) is 4.79 Å². The van der Waals surface area contributed by atoms with Crippen LogP contribution in [0.2, 0.25) is 0 Å². The SMILES string of the molecule is CC(N(C)C(=O)NC1(CC(=O)O)CCCC1)C(C)(C)C. The van der Waals surface area contributed by atoms with Crippen LogP contribution in [-0.4, -0.2) is 40.6 Å². The number of carbonyl (C=O) groups excluding carboxylic acids is 1. The summed E-state index contributed by atoms with van der Waals surface area (Å²) in [4.78, 5) is 25.1. The Balaban J connectivity index is 2.74. The highest BCUT2D eigenvalue weighted by molar-refractivity contribution is 5.77. The Morgan fingerprint density at radius 2 is 1.80 bits per heavy atom. The molecule has 2 amide bonds. The smallest absolute Gasteiger partial charge is 0.317 e. The molecule has 1 fully saturated rings. The number of nitrogens with zero attached hydrogens (tertiary/aromatic N) is 1. The lowest BCUT2D eigenvalue weighted by molar-refractivity contribution is -0.138. The van der Waals surface area contributed by atoms with Crippen molar-refractivity contribution < 1.29 is 14.7 Å². The van der Waals surface area contributed by atoms with E-state index in [1.165, 1.54) is 0 Å². The third kappa shape index (κ3) is 4.12. The summed E-state index contributed by atoms with van der Waals surface area (Å²) in [6, 6.07) is -0.0960. The van der Waals surface area contributed by atoms with Crippen LogP contribution in [0.3, 0.4) is 0 Å². The van der Waals surface area contributed by atoms with Gasteiger partial charge < -0.3 is 15.3 Å². The second-order valence-electron chi connectivity index (χ2n) is 7.14. The van der Waals surface area contributed by atoms with E-state index in [1.54, 1.807) is 11.9 Å². The zero-order valence-corrected chi connectivity index (χ0v) is 13.3. The summed E-state index contributed by atoms with van der Waals surface area (Å²) < 4.78 is 0. The summed E-state index contributed by atoms with van der Waals surface area (Å²) in [5.41, 5.74) is -0.573. The molecule has 1 unspecified atom stereocenters. The van der Waals surface area contributed by atoms with Crippen LogP contribution < -0.4 is 5.32 Å². The van der Waals surface area contributed by atoms with Gasteiger partial charge >= 0.3 is 12.0 Å². The first-order valence-electron chi connectivity index (χ1n) is 7.34. The molecule has 116 valence electrons. The van der Waals surface area contributed by atoms with Gasteiger partial charge in [-0.25, -0.2) is 4.79 Å². The molecule has 1 aliphatic carbocycles. The molecule has 1 rings (SSSR count). The number of aliphatic carboxylic acids is 1. The third-order valence-electron chi connectivity index (χ3n) is 4.58. The minimum absolute atomic E-state index is 0.0104. The van der Waals surface area contributed by atoms with E-state index >= 15 is 0 Å². The molecule has 1 atom stereocenters. The van der Waals surface area contributed by atoms with E-state index in [-0.39, 0.29) is 23.9 Å². The first-order chi connectivity index (χ1) is 9.07. The van der Waals surface area contributed by atoms with Crippen LogP contribution >= 0.6 is 0 Å². The number of urea groups is 1. The van der Waals surface area contributed by atoms with Gasteiger partial charge in [-0.2, -0.15) is 0 Å². The van der Waals surface area contributed by atoms with Crippen molar-refractivity contribution in [2.75, 3.05) is 7.05 Å². The van der Waals surface area contributed by atoms with E-state index in [4.69, 9.17) is 5.11 Å². The first-order valence-corrected chi connectivity index (χ1v) is 7.34. The predicted molar refractivity (Wildman–Crippen MR) is 78.7 cm³/mol. The van der Waals surface area contributed by atoms with E-state index in [0.29, 0.717) is 0 Å². The molecule has 0 spiro atoms. The fourth-order valence-corrected chi connectivity index (χ4v) is 2.76. The number of carbonyl (C=O) groups is 2. The fourth-order valence-electron chi connectivity index (χ4n) is 2.76. The third-order valence-corrected chi connectivity index (χ3v) is 4.58. The number of carboxylic acids is 1. The molecule has 0 heterocycles. The molecule has 5 nitrogen and oxygen atoms in total. The number of carboxylic acid groups (broad SMARTS) is 1. The zero-order chi connectivity index (χ0) is 15.6. The van der Waals surface area contributed by atoms with E-state index in [9.17, 15) is 9.59 Å². The van der Waals surface area contributed by atoms with Gasteiger partial charge in [0, 0.05) is 13.1 Å². The number of hydrogen-bond donors (Lipinski definition) is 2. The summed E-state index contributed by atoms with van der Waals surface area (Å²) in [5, 5.41) is 12.0. The van der Waals surface area contributed by atoms with E-state index in [2.05, 4.69) is 26.1 Å². The van der Waals surface area contributed by atoms with Crippen LogP contribution in [0.15, 0.2) is 0 Å². The van der Waals surface area contributed by atoms with Crippen molar-refractivity contribution in [1.29, 1.82) is 0 Å². The lowest BCUT2D eigenvalue weighted by Gasteiger charge is -2.38. The highest BCUT2D eigenvalue weighted by Gasteiger charge is 2.39. The molecule has 5 heteroatoms. The van der Waals surface area contributed by atoms with Crippen molar-refractivity contribution >= 4 is 12.0 Å². The first kappa shape index (κ1) is 16.8. The molecule has 0 aromatic rings. The molecule has 0 aromatic heterocycles. The number of rotatable bonds is 4. The maximum atomic E-state index is 12.4. The predicted octanol–water partition coefficient (Wildman–Crippen LogP) is 2.85. The average Bonchev–Trinajstić information content (AvgIpc) is 2.72. The number of nitrogens with one attached hydrogen (secondary N) is 1. The van der Waals surface area contributed by atoms with Gasteiger partial charge in [-0.1, -0.05) is 33.6 Å². The van der Waals surface area contributed by atoms with Gasteiger partial charge in [-0.05, 0) is 25.2 Å². The minimum Gasteiger partial charge on any atom is -0.481 e. The van der Waals surface area contributed by atoms with Crippen LogP contribution in [0.25, 0.3) is 0 Å². The highest BCUT2D eigenvalue weighted by atomic mass is 16.4. The van der Waals surface area contributed by atoms with Gasteiger partial charge in [0.15, 0.2) is 0 Å². The molecular formula is C15H28N2O3. The quantitative estimate of drug-likeness (QED) is 0.834. The van der Waals surface area contributed by atoms with Crippen molar-refractivity contribution in [3.8, 4) is 0 Å². The Morgan fingerprint density at radius 1 is 1.30 bits per heavy atom. The van der Waals surface area contributed by atoms with Gasteiger partial charge in [0.1, 0.15) is 0 Å². The maximum absolute atomic E-state index is 12.4. The molecule has 0 bridgehead atoms. The Bertz CT molecular complexity index is 368. The topological polar surface area (TPSA) is 69.6 Å². The molecule has 0 aromatic carbocycles. The normalized spacial score (nSPS) is 19.4. The van der Waals surface area contributed by atoms with E-state index in [0.717, 1.165) is 25.7 Å². The highest BCUT2D eigenvalue weighted by Crippen LogP contribution is 2.33. The summed E-state index contributed by atoms with van der Waals surface area (Å²) in [6.07, 6.45) is 3.47. The van der Waals surface area contributed by atoms with Crippen molar-refractivity contribution in [3.05, 3.63) is 0 Å². The van der Waals surface area contributed by atoms with E-state index < -0.39 is 11.5 Å². The van der Waals surface area contributed by atoms with Crippen molar-refractivity contribution in [2.24, 2.45) is 5.41 Å². The summed E-state index contributed by atoms with van der Waals surface area (Å²) in [7, 11) is 1.77. The minimum atomic E-state index is -0.848. The van der Waals surface area contributed by atoms with Crippen LogP contribution in [-0.2, 0) is 4.79 Å². The summed E-state index contributed by atoms with van der Waals surface area (Å²) >= 11 is 0. The largest absolute Gasteiger partial charge is 0.481 e. The Hall–Kier alpha value is -1.26. The summed E-state index contributed by atoms with van der Waals surface area (Å²) in [6.45, 7) is 8.27. The van der Waals surface area contributed by atoms with Crippen LogP contribution in [0, 0.1) is 5.41 Å². The Kier molecular flexibility index (Phi) is 5.05. The second kappa shape index (κ2) is 6.02. The van der Waals surface area contributed by atoms with Crippen molar-refractivity contribution in [3.63, 3.8) is 0 Å². The number of hydrogen-bond acceptors (Lipinski definition) is 2. The lowest BCUT2D eigenvalue weighted by Crippen LogP contribution is -2.55. The molecule has 20 heavy (non-hydrogen) atoms. The molecular weight excluding hydrogens is 256 g/mol. The monoisotopic (exact) mass is 284 g/mol. The zero-order valence-electron chi connectivity index (χ0n) is 13.3. The van der Waals surface area contributed by atoms with Gasteiger partial charge in [0.2, 0.25) is 0 Å². The lowest BCUT2D eigenvalue weighted by atomic mass is 9.87. The molecule has 1 aliphatic rings. The van der Waals surface area contributed by atoms with Crippen LogP contribution in [0.1, 0.15) is 59.8 Å². The molecule has 0 radical (unpaired) electrons. The standard InChI is InChI=1S/C15H28N2O3/c1-11(14(2,3)4)17(5)13(20)16-15(10-12(18)19)8-6-7-9-15/h11H,6-10H2,1-5H3,(H,16,20)(H,18,19). The molecule has 2 N–H and O–H groups in total. The second-order valence-corrected chi connectivity index (χ2v) is 7.14. The van der Waals surface area contributed by atoms with Crippen molar-refractivity contribution in [2.45, 2.75) is 71.4 Å². The fraction of sp³-hybridized carbons (Fsp3) is 0.867. The van der Waals surface area contributed by atoms with Gasteiger partial charge in [0.25, 0.3) is 0 Å². The Labute approximate surface area is 121 Å². The number of amides is 2. The van der Waals surface area contributed by atoms with E-state index in [1.807, 2.05) is 6.92 Å². The van der Waals surface area contributed by atoms with Gasteiger partial charge in [-0.15, -0.1) is 0 Å². The van der Waals surface area contributed by atoms with Gasteiger partial charge in [-0.3, -0.25) is 4.79 Å². The van der Waals surface area contributed by atoms with Gasteiger partial charge in [0.05, 0.1) is 12.0 Å². The van der Waals surface area contributed by atoms with Crippen LogP contribution in [0.5, 0.6) is 0 Å². The molecule has 0 saturated heterocycles. The Morgan fingerprint density at radius 3 is 2.20 bits per heavy atom. The maximum Gasteiger partial charge on any atom is 0.317 e. The van der Waals surface area contributed by atoms with Crippen molar-refractivity contribution in [1.82, 2.24) is 10.2 Å². The summed E-state index contributed by atoms with van der Waals surface area (Å²) in [5.74, 6) is -0.848. The average molecular weight is 284 g/mol. The molecule has 0 aliphatic heterocycles. The molecule has 1 saturated carbocycles.